The molecule has 90 valence electrons. The molecule has 0 radical (unpaired) electrons. The first kappa shape index (κ1) is 11.9. The van der Waals surface area contributed by atoms with Crippen LogP contribution in [0.2, 0.25) is 0 Å². The van der Waals surface area contributed by atoms with Crippen molar-refractivity contribution < 1.29 is 4.79 Å². The molecule has 2 nitrogen and oxygen atoms in total. The van der Waals surface area contributed by atoms with E-state index < -0.39 is 0 Å². The second kappa shape index (κ2) is 6.24. The van der Waals surface area contributed by atoms with Gasteiger partial charge in [0.15, 0.2) is 5.78 Å². The molecule has 0 atom stereocenters. The minimum Gasteiger partial charge on any atom is -0.388 e. The summed E-state index contributed by atoms with van der Waals surface area (Å²) in [5.74, 6) is 0.234. The summed E-state index contributed by atoms with van der Waals surface area (Å²) in [6.45, 7) is 1.01. The fraction of sp³-hybridized carbons (Fsp3) is 0.400. The van der Waals surface area contributed by atoms with Gasteiger partial charge < -0.3 is 5.32 Å². The van der Waals surface area contributed by atoms with Crippen molar-refractivity contribution in [2.24, 2.45) is 0 Å². The second-order valence-electron chi connectivity index (χ2n) is 4.51. The average molecular weight is 229 g/mol. The third-order valence-corrected chi connectivity index (χ3v) is 3.06. The van der Waals surface area contributed by atoms with Crippen LogP contribution in [0.3, 0.4) is 0 Å². The Labute approximate surface area is 103 Å². The van der Waals surface area contributed by atoms with Gasteiger partial charge in [0, 0.05) is 24.7 Å². The molecule has 0 amide bonds. The summed E-state index contributed by atoms with van der Waals surface area (Å²) in [6, 6.07) is 10.2. The number of ketones is 1. The molecule has 0 aromatic heterocycles. The molecule has 1 fully saturated rings. The van der Waals surface area contributed by atoms with E-state index in [4.69, 9.17) is 0 Å². The quantitative estimate of drug-likeness (QED) is 0.804. The summed E-state index contributed by atoms with van der Waals surface area (Å²) < 4.78 is 0. The summed E-state index contributed by atoms with van der Waals surface area (Å²) >= 11 is 0. The maximum atomic E-state index is 11.8. The molecule has 1 aliphatic rings. The van der Waals surface area contributed by atoms with Gasteiger partial charge in [-0.2, -0.15) is 0 Å². The maximum absolute atomic E-state index is 11.8. The maximum Gasteiger partial charge on any atom is 0.157 e. The lowest BCUT2D eigenvalue weighted by Crippen LogP contribution is -2.20. The molecule has 0 saturated carbocycles. The Hall–Kier alpha value is -1.57. The molecule has 1 N–H and O–H groups in total. The number of carbonyl (C=O) groups is 1. The molecule has 17 heavy (non-hydrogen) atoms. The van der Waals surface area contributed by atoms with Gasteiger partial charge in [0.2, 0.25) is 0 Å². The van der Waals surface area contributed by atoms with Crippen LogP contribution in [0, 0.1) is 0 Å². The molecule has 2 rings (SSSR count). The van der Waals surface area contributed by atoms with Gasteiger partial charge >= 0.3 is 0 Å². The highest BCUT2D eigenvalue weighted by molar-refractivity contribution is 5.90. The summed E-state index contributed by atoms with van der Waals surface area (Å²) in [5, 5.41) is 3.29. The highest BCUT2D eigenvalue weighted by Crippen LogP contribution is 2.11. The van der Waals surface area contributed by atoms with Crippen molar-refractivity contribution in [2.75, 3.05) is 6.54 Å². The molecule has 0 aliphatic carbocycles. The van der Waals surface area contributed by atoms with E-state index in [2.05, 4.69) is 17.4 Å². The zero-order valence-electron chi connectivity index (χ0n) is 10.1. The topological polar surface area (TPSA) is 29.1 Å². The van der Waals surface area contributed by atoms with Crippen molar-refractivity contribution in [1.29, 1.82) is 0 Å². The molecule has 1 aromatic carbocycles. The lowest BCUT2D eigenvalue weighted by Gasteiger charge is -2.16. The number of aryl methyl sites for hydroxylation is 1. The van der Waals surface area contributed by atoms with E-state index in [-0.39, 0.29) is 5.78 Å². The summed E-state index contributed by atoms with van der Waals surface area (Å²) in [4.78, 5) is 11.8. The van der Waals surface area contributed by atoms with Gasteiger partial charge in [-0.15, -0.1) is 0 Å². The van der Waals surface area contributed by atoms with Crippen LogP contribution in [0.1, 0.15) is 31.2 Å². The minimum atomic E-state index is 0.234. The second-order valence-corrected chi connectivity index (χ2v) is 4.51. The molecule has 0 spiro atoms. The van der Waals surface area contributed by atoms with Crippen molar-refractivity contribution in [3.05, 3.63) is 47.7 Å². The van der Waals surface area contributed by atoms with Gasteiger partial charge in [-0.3, -0.25) is 4.79 Å². The molecule has 0 bridgehead atoms. The first-order valence-corrected chi connectivity index (χ1v) is 6.36. The number of carbonyl (C=O) groups excluding carboxylic acids is 1. The van der Waals surface area contributed by atoms with Crippen LogP contribution >= 0.6 is 0 Å². The van der Waals surface area contributed by atoms with Gasteiger partial charge in [0.05, 0.1) is 0 Å². The van der Waals surface area contributed by atoms with Crippen molar-refractivity contribution in [2.45, 2.75) is 32.1 Å². The number of hydrogen-bond acceptors (Lipinski definition) is 2. The first-order valence-electron chi connectivity index (χ1n) is 6.36. The molecular weight excluding hydrogens is 210 g/mol. The molecule has 0 unspecified atom stereocenters. The van der Waals surface area contributed by atoms with Gasteiger partial charge in [0.1, 0.15) is 0 Å². The van der Waals surface area contributed by atoms with Crippen LogP contribution in [0.15, 0.2) is 42.1 Å². The smallest absolute Gasteiger partial charge is 0.157 e. The Kier molecular flexibility index (Phi) is 4.37. The lowest BCUT2D eigenvalue weighted by molar-refractivity contribution is -0.114. The molecule has 1 aliphatic heterocycles. The van der Waals surface area contributed by atoms with E-state index in [0.29, 0.717) is 6.42 Å². The van der Waals surface area contributed by atoms with E-state index in [1.165, 1.54) is 18.4 Å². The third kappa shape index (κ3) is 4.06. The Balaban J connectivity index is 1.81. The molecule has 1 heterocycles. The Bertz CT molecular complexity index is 387. The van der Waals surface area contributed by atoms with Crippen LogP contribution in [-0.2, 0) is 11.2 Å². The number of allylic oxidation sites excluding steroid dienone is 2. The van der Waals surface area contributed by atoms with Gasteiger partial charge in [0.25, 0.3) is 0 Å². The molecule has 2 heteroatoms. The predicted octanol–water partition coefficient (Wildman–Crippen LogP) is 2.85. The van der Waals surface area contributed by atoms with Crippen LogP contribution in [0.5, 0.6) is 0 Å². The van der Waals surface area contributed by atoms with E-state index in [1.807, 2.05) is 18.2 Å². The zero-order chi connectivity index (χ0) is 11.9. The van der Waals surface area contributed by atoms with Crippen molar-refractivity contribution in [3.63, 3.8) is 0 Å². The zero-order valence-corrected chi connectivity index (χ0v) is 10.1. The fourth-order valence-corrected chi connectivity index (χ4v) is 2.08. The number of rotatable bonds is 4. The van der Waals surface area contributed by atoms with Gasteiger partial charge in [-0.05, 0) is 31.2 Å². The van der Waals surface area contributed by atoms with E-state index >= 15 is 0 Å². The van der Waals surface area contributed by atoms with Gasteiger partial charge in [-0.1, -0.05) is 30.3 Å². The number of piperidine rings is 1. The van der Waals surface area contributed by atoms with E-state index in [1.54, 1.807) is 6.08 Å². The normalized spacial score (nSPS) is 17.8. The average Bonchev–Trinajstić information content (AvgIpc) is 2.39. The number of nitrogens with one attached hydrogen (secondary N) is 1. The fourth-order valence-electron chi connectivity index (χ4n) is 2.08. The highest BCUT2D eigenvalue weighted by Gasteiger charge is 2.06. The largest absolute Gasteiger partial charge is 0.388 e. The summed E-state index contributed by atoms with van der Waals surface area (Å²) in [6.07, 6.45) is 6.68. The summed E-state index contributed by atoms with van der Waals surface area (Å²) in [7, 11) is 0. The Morgan fingerprint density at radius 3 is 2.76 bits per heavy atom. The SMILES string of the molecule is O=C(/C=C1/CCCCN1)CCc1ccccc1. The predicted molar refractivity (Wildman–Crippen MR) is 69.7 cm³/mol. The Morgan fingerprint density at radius 2 is 2.06 bits per heavy atom. The Morgan fingerprint density at radius 1 is 1.24 bits per heavy atom. The van der Waals surface area contributed by atoms with Crippen molar-refractivity contribution in [1.82, 2.24) is 5.32 Å². The molecule has 1 aromatic rings. The number of benzene rings is 1. The standard InChI is InChI=1S/C15H19NO/c17-15(12-14-8-4-5-11-16-14)10-9-13-6-2-1-3-7-13/h1-3,6-7,12,16H,4-5,8-11H2/b14-12-. The van der Waals surface area contributed by atoms with Crippen molar-refractivity contribution >= 4 is 5.78 Å². The monoisotopic (exact) mass is 229 g/mol. The van der Waals surface area contributed by atoms with E-state index in [0.717, 1.165) is 25.1 Å². The third-order valence-electron chi connectivity index (χ3n) is 3.06. The van der Waals surface area contributed by atoms with Crippen LogP contribution in [0.25, 0.3) is 0 Å². The lowest BCUT2D eigenvalue weighted by atomic mass is 10.0. The first-order chi connectivity index (χ1) is 8.34. The molecular formula is C15H19NO. The molecule has 1 saturated heterocycles. The number of hydrogen-bond donors (Lipinski definition) is 1. The van der Waals surface area contributed by atoms with Gasteiger partial charge in [-0.25, -0.2) is 0 Å². The summed E-state index contributed by atoms with van der Waals surface area (Å²) in [5.41, 5.74) is 2.35. The minimum absolute atomic E-state index is 0.234. The van der Waals surface area contributed by atoms with E-state index in [9.17, 15) is 4.79 Å². The highest BCUT2D eigenvalue weighted by atomic mass is 16.1. The van der Waals surface area contributed by atoms with Crippen molar-refractivity contribution in [3.8, 4) is 0 Å². The van der Waals surface area contributed by atoms with Crippen LogP contribution in [0.4, 0.5) is 0 Å². The van der Waals surface area contributed by atoms with Crippen LogP contribution in [-0.4, -0.2) is 12.3 Å². The van der Waals surface area contributed by atoms with Crippen LogP contribution < -0.4 is 5.32 Å².